The molecule has 2 aliphatic rings. The van der Waals surface area contributed by atoms with Crippen molar-refractivity contribution in [1.29, 1.82) is 0 Å². The molecule has 0 radical (unpaired) electrons. The molecule has 23 heavy (non-hydrogen) atoms. The predicted octanol–water partition coefficient (Wildman–Crippen LogP) is 0.162. The van der Waals surface area contributed by atoms with Gasteiger partial charge in [0.05, 0.1) is 18.5 Å². The SMILES string of the molecule is O=C(O)CC1CCC(NC(=O)/C(=N\O)C2=CC=CCS2)B(O)O1. The van der Waals surface area contributed by atoms with Crippen molar-refractivity contribution in [2.45, 2.75) is 31.3 Å². The van der Waals surface area contributed by atoms with E-state index in [1.165, 1.54) is 11.8 Å². The number of hydrogen-bond acceptors (Lipinski definition) is 7. The van der Waals surface area contributed by atoms with Crippen molar-refractivity contribution in [3.63, 3.8) is 0 Å². The first-order chi connectivity index (χ1) is 11.0. The van der Waals surface area contributed by atoms with Crippen LogP contribution < -0.4 is 5.32 Å². The van der Waals surface area contributed by atoms with Gasteiger partial charge in [0.1, 0.15) is 0 Å². The summed E-state index contributed by atoms with van der Waals surface area (Å²) in [5.41, 5.74) is -0.126. The standard InChI is InChI=1S/C13H17BN2O6S/c17-11(18)7-8-4-5-10(14(20)22-8)15-13(19)12(16-21)9-3-1-2-6-23-9/h1-3,8,10,20-21H,4-7H2,(H,15,19)(H,17,18)/b16-12-. The van der Waals surface area contributed by atoms with Gasteiger partial charge in [0.25, 0.3) is 5.91 Å². The smallest absolute Gasteiger partial charge is 0.478 e. The number of thioether (sulfide) groups is 1. The lowest BCUT2D eigenvalue weighted by atomic mass is 9.72. The van der Waals surface area contributed by atoms with Crippen LogP contribution in [0.3, 0.4) is 0 Å². The molecule has 1 saturated heterocycles. The Morgan fingerprint density at radius 2 is 2.26 bits per heavy atom. The molecular formula is C13H17BN2O6S. The summed E-state index contributed by atoms with van der Waals surface area (Å²) in [6.07, 6.45) is 5.33. The Labute approximate surface area is 137 Å². The summed E-state index contributed by atoms with van der Waals surface area (Å²) in [7, 11) is -1.30. The fourth-order valence-corrected chi connectivity index (χ4v) is 3.18. The van der Waals surface area contributed by atoms with Crippen LogP contribution in [0.5, 0.6) is 0 Å². The first-order valence-corrected chi connectivity index (χ1v) is 8.08. The third kappa shape index (κ3) is 4.85. The number of amides is 1. The minimum atomic E-state index is -1.30. The molecule has 0 aromatic carbocycles. The number of oxime groups is 1. The summed E-state index contributed by atoms with van der Waals surface area (Å²) in [5.74, 6) is -1.64. The average molecular weight is 340 g/mol. The molecule has 4 N–H and O–H groups in total. The lowest BCUT2D eigenvalue weighted by Gasteiger charge is -2.30. The van der Waals surface area contributed by atoms with Gasteiger partial charge in [-0.3, -0.25) is 9.59 Å². The maximum absolute atomic E-state index is 12.2. The summed E-state index contributed by atoms with van der Waals surface area (Å²) in [6, 6.07) is 0. The summed E-state index contributed by atoms with van der Waals surface area (Å²) in [4.78, 5) is 23.4. The van der Waals surface area contributed by atoms with Gasteiger partial charge < -0.3 is 25.3 Å². The predicted molar refractivity (Wildman–Crippen MR) is 85.2 cm³/mol. The Morgan fingerprint density at radius 1 is 1.48 bits per heavy atom. The van der Waals surface area contributed by atoms with Crippen LogP contribution in [0.2, 0.25) is 0 Å². The Morgan fingerprint density at radius 3 is 2.83 bits per heavy atom. The van der Waals surface area contributed by atoms with E-state index in [1.807, 2.05) is 6.08 Å². The number of carbonyl (C=O) groups excluding carboxylic acids is 1. The number of nitrogens with zero attached hydrogens (tertiary/aromatic N) is 1. The van der Waals surface area contributed by atoms with Gasteiger partial charge in [-0.1, -0.05) is 17.3 Å². The number of hydrogen-bond donors (Lipinski definition) is 4. The van der Waals surface area contributed by atoms with Gasteiger partial charge in [0.2, 0.25) is 0 Å². The van der Waals surface area contributed by atoms with E-state index in [0.717, 1.165) is 0 Å². The largest absolute Gasteiger partial charge is 0.481 e. The van der Waals surface area contributed by atoms with Gasteiger partial charge in [0, 0.05) is 10.7 Å². The van der Waals surface area contributed by atoms with Gasteiger partial charge in [-0.15, -0.1) is 11.8 Å². The van der Waals surface area contributed by atoms with Crippen molar-refractivity contribution in [3.05, 3.63) is 23.1 Å². The summed E-state index contributed by atoms with van der Waals surface area (Å²) in [6.45, 7) is 0. The number of carboxylic acid groups (broad SMARTS) is 1. The molecule has 124 valence electrons. The van der Waals surface area contributed by atoms with E-state index in [-0.39, 0.29) is 12.1 Å². The minimum absolute atomic E-state index is 0.126. The van der Waals surface area contributed by atoms with Crippen molar-refractivity contribution in [2.24, 2.45) is 5.16 Å². The number of allylic oxidation sites excluding steroid dienone is 2. The topological polar surface area (TPSA) is 128 Å². The second-order valence-electron chi connectivity index (χ2n) is 5.12. The molecule has 10 heteroatoms. The molecule has 1 fully saturated rings. The van der Waals surface area contributed by atoms with Gasteiger partial charge >= 0.3 is 13.1 Å². The van der Waals surface area contributed by atoms with Gasteiger partial charge in [0.15, 0.2) is 5.71 Å². The average Bonchev–Trinajstić information content (AvgIpc) is 2.51. The number of nitrogens with one attached hydrogen (secondary N) is 1. The highest BCUT2D eigenvalue weighted by Crippen LogP contribution is 2.22. The lowest BCUT2D eigenvalue weighted by Crippen LogP contribution is -2.54. The zero-order chi connectivity index (χ0) is 16.8. The molecule has 0 aliphatic carbocycles. The first-order valence-electron chi connectivity index (χ1n) is 7.09. The lowest BCUT2D eigenvalue weighted by molar-refractivity contribution is -0.139. The molecule has 8 nitrogen and oxygen atoms in total. The van der Waals surface area contributed by atoms with Crippen LogP contribution in [0.15, 0.2) is 28.3 Å². The third-order valence-corrected chi connectivity index (χ3v) is 4.46. The molecule has 2 rings (SSSR count). The van der Waals surface area contributed by atoms with Crippen molar-refractivity contribution < 1.29 is 29.6 Å². The molecule has 1 amide bonds. The number of rotatable bonds is 5. The quantitative estimate of drug-likeness (QED) is 0.243. The third-order valence-electron chi connectivity index (χ3n) is 3.46. The molecular weight excluding hydrogens is 323 g/mol. The Kier molecular flexibility index (Phi) is 6.25. The Balaban J connectivity index is 1.93. The molecule has 2 aliphatic heterocycles. The first kappa shape index (κ1) is 17.6. The highest BCUT2D eigenvalue weighted by molar-refractivity contribution is 8.04. The molecule has 0 bridgehead atoms. The van der Waals surface area contributed by atoms with Crippen LogP contribution in [-0.4, -0.2) is 57.8 Å². The fraction of sp³-hybridized carbons (Fsp3) is 0.462. The van der Waals surface area contributed by atoms with Crippen LogP contribution in [0.4, 0.5) is 0 Å². The van der Waals surface area contributed by atoms with Crippen LogP contribution in [-0.2, 0) is 14.2 Å². The van der Waals surface area contributed by atoms with E-state index in [4.69, 9.17) is 15.0 Å². The van der Waals surface area contributed by atoms with Crippen LogP contribution in [0, 0.1) is 0 Å². The van der Waals surface area contributed by atoms with Crippen LogP contribution >= 0.6 is 11.8 Å². The summed E-state index contributed by atoms with van der Waals surface area (Å²) in [5, 5.41) is 33.3. The maximum Gasteiger partial charge on any atom is 0.478 e. The molecule has 2 atom stereocenters. The monoisotopic (exact) mass is 340 g/mol. The Bertz CT molecular complexity index is 565. The van der Waals surface area contributed by atoms with Crippen molar-refractivity contribution in [2.75, 3.05) is 5.75 Å². The fourth-order valence-electron chi connectivity index (χ4n) is 2.34. The highest BCUT2D eigenvalue weighted by atomic mass is 32.2. The molecule has 0 saturated carbocycles. The van der Waals surface area contributed by atoms with Gasteiger partial charge in [-0.05, 0) is 18.9 Å². The van der Waals surface area contributed by atoms with Gasteiger partial charge in [-0.2, -0.15) is 0 Å². The van der Waals surface area contributed by atoms with E-state index in [9.17, 15) is 14.6 Å². The van der Waals surface area contributed by atoms with E-state index in [2.05, 4.69) is 10.5 Å². The van der Waals surface area contributed by atoms with E-state index in [0.29, 0.717) is 23.5 Å². The zero-order valence-electron chi connectivity index (χ0n) is 12.2. The summed E-state index contributed by atoms with van der Waals surface area (Å²) >= 11 is 1.36. The van der Waals surface area contributed by atoms with E-state index in [1.54, 1.807) is 12.2 Å². The van der Waals surface area contributed by atoms with Crippen LogP contribution in [0.1, 0.15) is 19.3 Å². The van der Waals surface area contributed by atoms with Crippen molar-refractivity contribution >= 4 is 36.5 Å². The Hall–Kier alpha value is -1.78. The maximum atomic E-state index is 12.2. The molecule has 0 aromatic heterocycles. The van der Waals surface area contributed by atoms with Gasteiger partial charge in [-0.25, -0.2) is 0 Å². The second-order valence-corrected chi connectivity index (χ2v) is 6.18. The number of carbonyl (C=O) groups is 2. The minimum Gasteiger partial charge on any atom is -0.481 e. The highest BCUT2D eigenvalue weighted by Gasteiger charge is 2.37. The van der Waals surface area contributed by atoms with E-state index >= 15 is 0 Å². The van der Waals surface area contributed by atoms with E-state index < -0.39 is 31.0 Å². The molecule has 0 spiro atoms. The molecule has 2 unspecified atom stereocenters. The van der Waals surface area contributed by atoms with Crippen molar-refractivity contribution in [3.8, 4) is 0 Å². The van der Waals surface area contributed by atoms with Crippen molar-refractivity contribution in [1.82, 2.24) is 5.32 Å². The second kappa shape index (κ2) is 8.18. The summed E-state index contributed by atoms with van der Waals surface area (Å²) < 4.78 is 5.20. The normalized spacial score (nSPS) is 25.0. The van der Waals surface area contributed by atoms with Crippen LogP contribution in [0.25, 0.3) is 0 Å². The molecule has 0 aromatic rings. The number of carboxylic acids is 1. The molecule has 2 heterocycles. The zero-order valence-corrected chi connectivity index (χ0v) is 13.0. The number of aliphatic carboxylic acids is 1.